The van der Waals surface area contributed by atoms with Gasteiger partial charge in [0.2, 0.25) is 0 Å². The van der Waals surface area contributed by atoms with Crippen LogP contribution >= 0.6 is 0 Å². The zero-order valence-electron chi connectivity index (χ0n) is 21.5. The summed E-state index contributed by atoms with van der Waals surface area (Å²) >= 11 is 0. The van der Waals surface area contributed by atoms with Gasteiger partial charge in [0, 0.05) is 0 Å². The van der Waals surface area contributed by atoms with Gasteiger partial charge in [0.05, 0.1) is 24.8 Å². The van der Waals surface area contributed by atoms with Crippen molar-refractivity contribution in [3.8, 4) is 11.5 Å². The lowest BCUT2D eigenvalue weighted by atomic mass is 10.0. The fourth-order valence-electron chi connectivity index (χ4n) is 5.21. The molecule has 184 valence electrons. The number of carbonyl (C=O) groups excluding carboxylic acids is 1. The zero-order valence-corrected chi connectivity index (χ0v) is 22.5. The Labute approximate surface area is 215 Å². The Morgan fingerprint density at radius 2 is 1.11 bits per heavy atom. The summed E-state index contributed by atoms with van der Waals surface area (Å²) in [7, 11) is -0.675. The zero-order chi connectivity index (χ0) is 25.6. The highest BCUT2D eigenvalue weighted by Crippen LogP contribution is 2.39. The number of rotatable bonds is 9. The van der Waals surface area contributed by atoms with E-state index in [2.05, 4.69) is 81.4 Å². The largest absolute Gasteiger partial charge is 0.496 e. The van der Waals surface area contributed by atoms with Crippen LogP contribution in [0.25, 0.3) is 0 Å². The van der Waals surface area contributed by atoms with Gasteiger partial charge in [-0.2, -0.15) is 0 Å². The highest BCUT2D eigenvalue weighted by atomic mass is 28.3. The van der Waals surface area contributed by atoms with Crippen LogP contribution in [0.4, 0.5) is 0 Å². The van der Waals surface area contributed by atoms with E-state index in [-0.39, 0.29) is 10.8 Å². The fourth-order valence-corrected chi connectivity index (χ4v) is 10.5. The van der Waals surface area contributed by atoms with Crippen molar-refractivity contribution in [3.63, 3.8) is 0 Å². The number of methoxy groups -OCH3 is 1. The van der Waals surface area contributed by atoms with E-state index in [1.54, 1.807) is 19.2 Å². The maximum absolute atomic E-state index is 13.5. The Balaban J connectivity index is 1.67. The number of ketones is 1. The molecular weight excluding hydrogens is 460 g/mol. The molecule has 4 aromatic carbocycles. The molecule has 0 radical (unpaired) electrons. The lowest BCUT2D eigenvalue weighted by Crippen LogP contribution is -2.64. The summed E-state index contributed by atoms with van der Waals surface area (Å²) in [6.07, 6.45) is 0. The first-order valence-electron chi connectivity index (χ1n) is 12.4. The fraction of sp³-hybridized carbons (Fsp3) is 0.219. The molecule has 0 N–H and O–H groups in total. The molecular formula is C32H34O3Si. The third kappa shape index (κ3) is 5.00. The normalized spacial score (nSPS) is 11.7. The van der Waals surface area contributed by atoms with E-state index in [1.165, 1.54) is 10.4 Å². The van der Waals surface area contributed by atoms with Gasteiger partial charge in [0.1, 0.15) is 19.6 Å². The SMILES string of the molecule is COc1ccccc1C(=O)c1ccccc1OCC[Si](c1ccccc1)(c1ccccc1)C(C)(C)C. The molecule has 36 heavy (non-hydrogen) atoms. The number of hydrogen-bond donors (Lipinski definition) is 0. The number of carbonyl (C=O) groups is 1. The topological polar surface area (TPSA) is 35.5 Å². The quantitative estimate of drug-likeness (QED) is 0.200. The first-order valence-corrected chi connectivity index (χ1v) is 14.6. The van der Waals surface area contributed by atoms with E-state index in [1.807, 2.05) is 36.4 Å². The molecule has 3 nitrogen and oxygen atoms in total. The van der Waals surface area contributed by atoms with E-state index in [0.717, 1.165) is 6.04 Å². The highest BCUT2D eigenvalue weighted by Gasteiger charge is 2.47. The Morgan fingerprint density at radius 3 is 1.61 bits per heavy atom. The summed E-state index contributed by atoms with van der Waals surface area (Å²) in [5, 5.41) is 2.84. The minimum atomic E-state index is -2.26. The van der Waals surface area contributed by atoms with Crippen LogP contribution < -0.4 is 19.8 Å². The average Bonchev–Trinajstić information content (AvgIpc) is 2.91. The minimum absolute atomic E-state index is 0.0474. The van der Waals surface area contributed by atoms with Crippen molar-refractivity contribution in [2.24, 2.45) is 0 Å². The number of benzene rings is 4. The maximum atomic E-state index is 13.5. The van der Waals surface area contributed by atoms with Crippen LogP contribution in [0, 0.1) is 0 Å². The van der Waals surface area contributed by atoms with Gasteiger partial charge in [-0.25, -0.2) is 0 Å². The van der Waals surface area contributed by atoms with E-state index < -0.39 is 8.07 Å². The molecule has 0 atom stereocenters. The Hall–Kier alpha value is -3.63. The number of para-hydroxylation sites is 2. The molecule has 0 fully saturated rings. The first-order chi connectivity index (χ1) is 17.4. The molecule has 0 aromatic heterocycles. The molecule has 0 aliphatic heterocycles. The molecule has 4 aromatic rings. The van der Waals surface area contributed by atoms with Crippen LogP contribution in [0.15, 0.2) is 109 Å². The van der Waals surface area contributed by atoms with Crippen molar-refractivity contribution >= 4 is 24.2 Å². The van der Waals surface area contributed by atoms with Gasteiger partial charge in [-0.05, 0) is 35.3 Å². The highest BCUT2D eigenvalue weighted by molar-refractivity contribution is 7.04. The lowest BCUT2D eigenvalue weighted by Gasteiger charge is -2.44. The predicted molar refractivity (Wildman–Crippen MR) is 151 cm³/mol. The lowest BCUT2D eigenvalue weighted by molar-refractivity contribution is 0.103. The maximum Gasteiger partial charge on any atom is 0.200 e. The molecule has 0 amide bonds. The van der Waals surface area contributed by atoms with E-state index in [9.17, 15) is 4.79 Å². The van der Waals surface area contributed by atoms with E-state index >= 15 is 0 Å². The third-order valence-electron chi connectivity index (χ3n) is 7.03. The summed E-state index contributed by atoms with van der Waals surface area (Å²) in [5.74, 6) is 1.06. The second kappa shape index (κ2) is 11.0. The van der Waals surface area contributed by atoms with E-state index in [0.29, 0.717) is 29.2 Å². The van der Waals surface area contributed by atoms with Crippen molar-refractivity contribution in [3.05, 3.63) is 120 Å². The smallest absolute Gasteiger partial charge is 0.200 e. The standard InChI is InChI=1S/C32H34O3Si/c1-32(2,3)36(25-15-7-5-8-16-25,26-17-9-6-10-18-26)24-23-35-30-22-14-12-20-28(30)31(33)27-19-11-13-21-29(27)34-4/h5-22H,23-24H2,1-4H3. The van der Waals surface area contributed by atoms with Crippen LogP contribution in [0.1, 0.15) is 36.7 Å². The molecule has 0 unspecified atom stereocenters. The van der Waals surface area contributed by atoms with Crippen molar-refractivity contribution in [2.75, 3.05) is 13.7 Å². The van der Waals surface area contributed by atoms with Gasteiger partial charge in [-0.1, -0.05) is 116 Å². The monoisotopic (exact) mass is 494 g/mol. The average molecular weight is 495 g/mol. The predicted octanol–water partition coefficient (Wildman–Crippen LogP) is 6.37. The Morgan fingerprint density at radius 1 is 0.667 bits per heavy atom. The van der Waals surface area contributed by atoms with Crippen LogP contribution in [0.2, 0.25) is 11.1 Å². The van der Waals surface area contributed by atoms with E-state index in [4.69, 9.17) is 9.47 Å². The second-order valence-corrected chi connectivity index (χ2v) is 15.0. The number of hydrogen-bond acceptors (Lipinski definition) is 3. The van der Waals surface area contributed by atoms with Gasteiger partial charge >= 0.3 is 0 Å². The van der Waals surface area contributed by atoms with Gasteiger partial charge in [0.25, 0.3) is 0 Å². The van der Waals surface area contributed by atoms with Crippen molar-refractivity contribution in [2.45, 2.75) is 31.9 Å². The van der Waals surface area contributed by atoms with Crippen molar-refractivity contribution in [1.29, 1.82) is 0 Å². The van der Waals surface area contributed by atoms with Crippen LogP contribution in [-0.2, 0) is 0 Å². The summed E-state index contributed by atoms with van der Waals surface area (Å²) in [6, 6.07) is 37.4. The summed E-state index contributed by atoms with van der Waals surface area (Å²) in [5.41, 5.74) is 1.08. The molecule has 0 saturated carbocycles. The Bertz CT molecular complexity index is 1250. The van der Waals surface area contributed by atoms with Crippen LogP contribution in [0.5, 0.6) is 11.5 Å². The van der Waals surface area contributed by atoms with Gasteiger partial charge < -0.3 is 9.47 Å². The van der Waals surface area contributed by atoms with Crippen molar-refractivity contribution < 1.29 is 14.3 Å². The minimum Gasteiger partial charge on any atom is -0.496 e. The summed E-state index contributed by atoms with van der Waals surface area (Å²) < 4.78 is 11.9. The van der Waals surface area contributed by atoms with Gasteiger partial charge in [0.15, 0.2) is 5.78 Å². The van der Waals surface area contributed by atoms with Crippen LogP contribution in [0.3, 0.4) is 0 Å². The molecule has 0 saturated heterocycles. The van der Waals surface area contributed by atoms with Gasteiger partial charge in [-0.15, -0.1) is 0 Å². The number of ether oxygens (including phenoxy) is 2. The first kappa shape index (κ1) is 25.5. The molecule has 0 bridgehead atoms. The third-order valence-corrected chi connectivity index (χ3v) is 13.2. The molecule has 0 aliphatic rings. The van der Waals surface area contributed by atoms with Gasteiger partial charge in [-0.3, -0.25) is 4.79 Å². The molecule has 0 aliphatic carbocycles. The summed E-state index contributed by atoms with van der Waals surface area (Å²) in [6.45, 7) is 7.55. The Kier molecular flexibility index (Phi) is 7.75. The molecule has 4 heteroatoms. The molecule has 0 spiro atoms. The molecule has 4 rings (SSSR count). The second-order valence-electron chi connectivity index (χ2n) is 10.0. The van der Waals surface area contributed by atoms with Crippen molar-refractivity contribution in [1.82, 2.24) is 0 Å². The summed E-state index contributed by atoms with van der Waals surface area (Å²) in [4.78, 5) is 13.5. The van der Waals surface area contributed by atoms with Crippen LogP contribution in [-0.4, -0.2) is 27.6 Å². The molecule has 0 heterocycles.